The van der Waals surface area contributed by atoms with Gasteiger partial charge in [-0.15, -0.1) is 0 Å². The average Bonchev–Trinajstić information content (AvgIpc) is 2.42. The monoisotopic (exact) mass is 288 g/mol. The number of ether oxygens (including phenoxy) is 1. The molecule has 0 aromatic heterocycles. The number of rotatable bonds is 0. The molecular formula is C16H16O5. The number of aryl methyl sites for hydroxylation is 1. The molecule has 0 radical (unpaired) electrons. The molecular weight excluding hydrogens is 272 g/mol. The summed E-state index contributed by atoms with van der Waals surface area (Å²) in [5.74, 6) is 0.144. The van der Waals surface area contributed by atoms with Gasteiger partial charge in [-0.1, -0.05) is 18.2 Å². The molecule has 0 bridgehead atoms. The highest BCUT2D eigenvalue weighted by molar-refractivity contribution is 6.02. The van der Waals surface area contributed by atoms with Gasteiger partial charge in [0.05, 0.1) is 6.61 Å². The number of benzene rings is 2. The molecule has 1 aliphatic rings. The molecule has 21 heavy (non-hydrogen) atoms. The molecule has 0 unspecified atom stereocenters. The van der Waals surface area contributed by atoms with E-state index in [-0.39, 0.29) is 35.0 Å². The first-order valence-electron chi connectivity index (χ1n) is 6.45. The first-order valence-corrected chi connectivity index (χ1v) is 6.45. The molecule has 0 fully saturated rings. The fraction of sp³-hybridized carbons (Fsp3) is 0.188. The van der Waals surface area contributed by atoms with Crippen LogP contribution in [0, 0.1) is 6.92 Å². The fourth-order valence-corrected chi connectivity index (χ4v) is 1.92. The first kappa shape index (κ1) is 14.7. The Morgan fingerprint density at radius 2 is 1.76 bits per heavy atom. The Labute approximate surface area is 122 Å². The minimum Gasteiger partial charge on any atom is -0.508 e. The van der Waals surface area contributed by atoms with Gasteiger partial charge in [-0.3, -0.25) is 4.79 Å². The van der Waals surface area contributed by atoms with Gasteiger partial charge in [-0.25, -0.2) is 0 Å². The number of para-hydroxylation sites is 1. The van der Waals surface area contributed by atoms with E-state index in [4.69, 9.17) is 14.9 Å². The summed E-state index contributed by atoms with van der Waals surface area (Å²) in [5.41, 5.74) is 1.09. The third-order valence-electron chi connectivity index (χ3n) is 3.05. The van der Waals surface area contributed by atoms with Crippen molar-refractivity contribution < 1.29 is 24.9 Å². The average molecular weight is 288 g/mol. The summed E-state index contributed by atoms with van der Waals surface area (Å²) in [6.07, 6.45) is 0.269. The summed E-state index contributed by atoms with van der Waals surface area (Å²) >= 11 is 0. The summed E-state index contributed by atoms with van der Waals surface area (Å²) in [4.78, 5) is 11.3. The number of fused-ring (bicyclic) bond motifs is 1. The fourth-order valence-electron chi connectivity index (χ4n) is 1.92. The van der Waals surface area contributed by atoms with Crippen molar-refractivity contribution in [1.29, 1.82) is 0 Å². The number of Topliss-reactive ketones (excluding diaryl/α,β-unsaturated/α-hetero) is 1. The van der Waals surface area contributed by atoms with Gasteiger partial charge in [-0.2, -0.15) is 0 Å². The molecule has 0 aliphatic carbocycles. The Balaban J connectivity index is 0.000000173. The normalized spacial score (nSPS) is 12.7. The number of carbonyl (C=O) groups excluding carboxylic acids is 1. The van der Waals surface area contributed by atoms with Gasteiger partial charge in [0, 0.05) is 18.6 Å². The number of phenolic OH excluding ortho intramolecular Hbond substituents is 3. The third kappa shape index (κ3) is 3.45. The molecule has 0 amide bonds. The molecule has 2 aromatic rings. The zero-order chi connectivity index (χ0) is 15.4. The highest BCUT2D eigenvalue weighted by Gasteiger charge is 2.22. The molecule has 1 aliphatic heterocycles. The maximum absolute atomic E-state index is 11.3. The highest BCUT2D eigenvalue weighted by atomic mass is 16.5. The Kier molecular flexibility index (Phi) is 4.33. The Bertz CT molecular complexity index is 643. The number of hydrogen-bond donors (Lipinski definition) is 3. The lowest BCUT2D eigenvalue weighted by molar-refractivity contribution is 0.0929. The van der Waals surface area contributed by atoms with E-state index in [1.807, 2.05) is 25.1 Å². The van der Waals surface area contributed by atoms with Crippen molar-refractivity contribution >= 4 is 5.78 Å². The quantitative estimate of drug-likeness (QED) is 0.694. The molecule has 0 saturated heterocycles. The van der Waals surface area contributed by atoms with E-state index >= 15 is 0 Å². The van der Waals surface area contributed by atoms with Gasteiger partial charge in [0.1, 0.15) is 28.6 Å². The van der Waals surface area contributed by atoms with Crippen LogP contribution in [0.15, 0.2) is 36.4 Å². The van der Waals surface area contributed by atoms with Gasteiger partial charge in [0.25, 0.3) is 0 Å². The van der Waals surface area contributed by atoms with E-state index in [9.17, 15) is 9.90 Å². The van der Waals surface area contributed by atoms with Crippen molar-refractivity contribution in [3.05, 3.63) is 47.5 Å². The lowest BCUT2D eigenvalue weighted by Gasteiger charge is -2.16. The van der Waals surface area contributed by atoms with E-state index in [1.54, 1.807) is 6.07 Å². The maximum Gasteiger partial charge on any atom is 0.173 e. The Morgan fingerprint density at radius 3 is 2.38 bits per heavy atom. The van der Waals surface area contributed by atoms with Gasteiger partial charge >= 0.3 is 0 Å². The van der Waals surface area contributed by atoms with Crippen molar-refractivity contribution in [3.8, 4) is 23.0 Å². The van der Waals surface area contributed by atoms with Crippen LogP contribution in [0.25, 0.3) is 0 Å². The van der Waals surface area contributed by atoms with Crippen LogP contribution >= 0.6 is 0 Å². The predicted octanol–water partition coefficient (Wildman–Crippen LogP) is 2.76. The van der Waals surface area contributed by atoms with Crippen LogP contribution in [0.3, 0.4) is 0 Å². The minimum atomic E-state index is -0.222. The standard InChI is InChI=1S/C9H8O4.C7H8O/c10-5-3-7(12)9-6(11)1-2-13-8(9)4-5;1-6-4-2-3-5-7(6)8/h3-4,10,12H,1-2H2;2-5,8H,1H3. The van der Waals surface area contributed by atoms with Gasteiger partial charge in [0.15, 0.2) is 5.78 Å². The minimum absolute atomic E-state index is 0.106. The van der Waals surface area contributed by atoms with Crippen molar-refractivity contribution in [2.24, 2.45) is 0 Å². The van der Waals surface area contributed by atoms with Crippen molar-refractivity contribution in [2.45, 2.75) is 13.3 Å². The topological polar surface area (TPSA) is 87.0 Å². The molecule has 3 N–H and O–H groups in total. The summed E-state index contributed by atoms with van der Waals surface area (Å²) in [5, 5.41) is 27.4. The van der Waals surface area contributed by atoms with Crippen molar-refractivity contribution in [1.82, 2.24) is 0 Å². The van der Waals surface area contributed by atoms with Gasteiger partial charge < -0.3 is 20.1 Å². The number of phenols is 3. The first-order chi connectivity index (χ1) is 9.99. The molecule has 0 atom stereocenters. The smallest absolute Gasteiger partial charge is 0.173 e. The molecule has 5 heteroatoms. The predicted molar refractivity (Wildman–Crippen MR) is 77.1 cm³/mol. The van der Waals surface area contributed by atoms with E-state index in [0.717, 1.165) is 11.6 Å². The maximum atomic E-state index is 11.3. The second-order valence-electron chi connectivity index (χ2n) is 4.65. The Hall–Kier alpha value is -2.69. The van der Waals surface area contributed by atoms with Crippen molar-refractivity contribution in [2.75, 3.05) is 6.61 Å². The number of hydrogen-bond acceptors (Lipinski definition) is 5. The third-order valence-corrected chi connectivity index (χ3v) is 3.05. The number of ketones is 1. The molecule has 110 valence electrons. The summed E-state index contributed by atoms with van der Waals surface area (Å²) in [6, 6.07) is 9.71. The van der Waals surface area contributed by atoms with Crippen LogP contribution in [0.5, 0.6) is 23.0 Å². The van der Waals surface area contributed by atoms with Gasteiger partial charge in [-0.05, 0) is 18.6 Å². The second kappa shape index (κ2) is 6.17. The zero-order valence-electron chi connectivity index (χ0n) is 11.5. The van der Waals surface area contributed by atoms with Crippen LogP contribution in [-0.4, -0.2) is 27.7 Å². The highest BCUT2D eigenvalue weighted by Crippen LogP contribution is 2.35. The zero-order valence-corrected chi connectivity index (χ0v) is 11.5. The SMILES string of the molecule is Cc1ccccc1O.O=C1CCOc2cc(O)cc(O)c21. The lowest BCUT2D eigenvalue weighted by Crippen LogP contribution is -2.15. The van der Waals surface area contributed by atoms with E-state index in [2.05, 4.69) is 0 Å². The van der Waals surface area contributed by atoms with Crippen LogP contribution < -0.4 is 4.74 Å². The number of aromatic hydroxyl groups is 3. The molecule has 2 aromatic carbocycles. The van der Waals surface area contributed by atoms with E-state index in [0.29, 0.717) is 12.4 Å². The summed E-state index contributed by atoms with van der Waals surface area (Å²) < 4.78 is 5.11. The van der Waals surface area contributed by atoms with E-state index < -0.39 is 0 Å². The van der Waals surface area contributed by atoms with Crippen molar-refractivity contribution in [3.63, 3.8) is 0 Å². The molecule has 5 nitrogen and oxygen atoms in total. The van der Waals surface area contributed by atoms with Crippen LogP contribution in [0.4, 0.5) is 0 Å². The lowest BCUT2D eigenvalue weighted by atomic mass is 10.0. The van der Waals surface area contributed by atoms with Gasteiger partial charge in [0.2, 0.25) is 0 Å². The van der Waals surface area contributed by atoms with E-state index in [1.165, 1.54) is 6.07 Å². The van der Waals surface area contributed by atoms with Crippen LogP contribution in [0.2, 0.25) is 0 Å². The molecule has 0 spiro atoms. The van der Waals surface area contributed by atoms with Crippen LogP contribution in [0.1, 0.15) is 22.3 Å². The Morgan fingerprint density at radius 1 is 1.05 bits per heavy atom. The summed E-state index contributed by atoms with van der Waals surface area (Å²) in [6.45, 7) is 2.17. The molecule has 3 rings (SSSR count). The summed E-state index contributed by atoms with van der Waals surface area (Å²) in [7, 11) is 0. The number of carbonyl (C=O) groups is 1. The molecule has 1 heterocycles. The molecule has 0 saturated carbocycles. The van der Waals surface area contributed by atoms with Crippen LogP contribution in [-0.2, 0) is 0 Å². The second-order valence-corrected chi connectivity index (χ2v) is 4.65. The largest absolute Gasteiger partial charge is 0.508 e.